The number of rotatable bonds is 13. The third kappa shape index (κ3) is 9.58. The summed E-state index contributed by atoms with van der Waals surface area (Å²) in [5, 5.41) is 12.7. The fourth-order valence-corrected chi connectivity index (χ4v) is 5.51. The molecule has 0 saturated heterocycles. The number of hydrogen-bond acceptors (Lipinski definition) is 6. The minimum Gasteiger partial charge on any atom is -0.469 e. The van der Waals surface area contributed by atoms with Crippen LogP contribution in [0.2, 0.25) is 5.02 Å². The van der Waals surface area contributed by atoms with Crippen LogP contribution in [0.5, 0.6) is 5.75 Å². The van der Waals surface area contributed by atoms with E-state index in [1.807, 2.05) is 13.8 Å². The molecular formula is C36H33ClF4N2O6. The van der Waals surface area contributed by atoms with Crippen LogP contribution in [-0.4, -0.2) is 46.9 Å². The Balaban J connectivity index is 1.83. The largest absolute Gasteiger partial charge is 0.573 e. The predicted octanol–water partition coefficient (Wildman–Crippen LogP) is 7.92. The lowest BCUT2D eigenvalue weighted by Gasteiger charge is -2.17. The van der Waals surface area contributed by atoms with Gasteiger partial charge in [-0.1, -0.05) is 60.1 Å². The second kappa shape index (κ2) is 16.0. The Kier molecular flexibility index (Phi) is 12.0. The van der Waals surface area contributed by atoms with Crippen molar-refractivity contribution in [3.05, 3.63) is 107 Å². The highest BCUT2D eigenvalue weighted by atomic mass is 35.5. The first kappa shape index (κ1) is 36.9. The van der Waals surface area contributed by atoms with E-state index in [9.17, 15) is 37.1 Å². The molecule has 13 heteroatoms. The molecule has 4 aromatic rings. The van der Waals surface area contributed by atoms with Gasteiger partial charge < -0.3 is 24.5 Å². The Morgan fingerprint density at radius 2 is 1.61 bits per heavy atom. The number of nitrogens with one attached hydrogen (secondary N) is 1. The monoisotopic (exact) mass is 700 g/mol. The van der Waals surface area contributed by atoms with E-state index in [1.54, 1.807) is 47.0 Å². The van der Waals surface area contributed by atoms with E-state index in [0.29, 0.717) is 33.5 Å². The molecule has 0 aliphatic heterocycles. The van der Waals surface area contributed by atoms with Crippen LogP contribution in [0, 0.1) is 5.82 Å². The molecule has 0 radical (unpaired) electrons. The van der Waals surface area contributed by atoms with Crippen molar-refractivity contribution in [3.8, 4) is 28.0 Å². The van der Waals surface area contributed by atoms with E-state index in [4.69, 9.17) is 11.6 Å². The summed E-state index contributed by atoms with van der Waals surface area (Å²) < 4.78 is 62.5. The summed E-state index contributed by atoms with van der Waals surface area (Å²) >= 11 is 6.02. The Morgan fingerprint density at radius 3 is 2.20 bits per heavy atom. The van der Waals surface area contributed by atoms with Gasteiger partial charge in [0.1, 0.15) is 17.3 Å². The van der Waals surface area contributed by atoms with E-state index in [0.717, 1.165) is 6.07 Å². The second-order valence-electron chi connectivity index (χ2n) is 11.3. The molecule has 1 atom stereocenters. The molecule has 8 nitrogen and oxygen atoms in total. The van der Waals surface area contributed by atoms with E-state index >= 15 is 0 Å². The van der Waals surface area contributed by atoms with Crippen molar-refractivity contribution in [1.82, 2.24) is 9.88 Å². The smallest absolute Gasteiger partial charge is 0.469 e. The van der Waals surface area contributed by atoms with Crippen molar-refractivity contribution >= 4 is 35.3 Å². The van der Waals surface area contributed by atoms with Gasteiger partial charge in [-0.05, 0) is 67.0 Å². The molecule has 0 fully saturated rings. The lowest BCUT2D eigenvalue weighted by Crippen LogP contribution is -2.27. The van der Waals surface area contributed by atoms with Crippen molar-refractivity contribution in [3.63, 3.8) is 0 Å². The third-order valence-corrected chi connectivity index (χ3v) is 7.63. The van der Waals surface area contributed by atoms with Gasteiger partial charge in [0.2, 0.25) is 0 Å². The fraction of sp³-hybridized carbons (Fsp3) is 0.250. The molecule has 0 aliphatic rings. The molecule has 1 heterocycles. The number of ether oxygens (including phenoxy) is 2. The Bertz CT molecular complexity index is 1840. The number of carbonyl (C=O) groups excluding carboxylic acids is 3. The number of esters is 1. The van der Waals surface area contributed by atoms with Gasteiger partial charge in [-0.3, -0.25) is 14.4 Å². The number of benzene rings is 3. The molecule has 0 spiro atoms. The average Bonchev–Trinajstić information content (AvgIpc) is 3.39. The predicted molar refractivity (Wildman–Crippen MR) is 176 cm³/mol. The van der Waals surface area contributed by atoms with E-state index in [2.05, 4.69) is 14.8 Å². The van der Waals surface area contributed by atoms with Gasteiger partial charge in [-0.15, -0.1) is 13.2 Å². The summed E-state index contributed by atoms with van der Waals surface area (Å²) in [5.74, 6) is -2.80. The summed E-state index contributed by atoms with van der Waals surface area (Å²) in [5.41, 5.74) is 3.19. The van der Waals surface area contributed by atoms with Gasteiger partial charge >= 0.3 is 12.3 Å². The summed E-state index contributed by atoms with van der Waals surface area (Å²) in [4.78, 5) is 38.7. The minimum atomic E-state index is -4.93. The first-order valence-corrected chi connectivity index (χ1v) is 15.4. The van der Waals surface area contributed by atoms with Gasteiger partial charge in [-0.25, -0.2) is 4.39 Å². The van der Waals surface area contributed by atoms with Gasteiger partial charge in [0.15, 0.2) is 5.78 Å². The van der Waals surface area contributed by atoms with Crippen LogP contribution in [0.15, 0.2) is 78.9 Å². The number of allylic oxidation sites excluding steroid dienone is 1. The zero-order chi connectivity index (χ0) is 35.9. The lowest BCUT2D eigenvalue weighted by molar-refractivity contribution is -0.274. The number of aliphatic hydroxyl groups excluding tert-OH is 1. The number of aliphatic hydroxyl groups is 1. The Morgan fingerprint density at radius 1 is 0.959 bits per heavy atom. The van der Waals surface area contributed by atoms with Gasteiger partial charge in [0, 0.05) is 30.1 Å². The van der Waals surface area contributed by atoms with E-state index in [1.165, 1.54) is 43.5 Å². The standard InChI is InChI=1S/C36H33ClF4N2O6/c1-21(2)43-29(15-14-26(44)18-27(45)19-31(46)48-3)32(24-10-12-25(38)13-11-24)33(23-7-5-4-6-8-23)34(43)35(47)42-20-22-9-16-30(28(37)17-22)49-36(39,40)41/h4-17,21,27,45H,18-20H2,1-3H3,(H,42,47)/t27-/m1/s1. The number of hydrogen-bond donors (Lipinski definition) is 2. The average molecular weight is 701 g/mol. The molecule has 0 bridgehead atoms. The third-order valence-electron chi connectivity index (χ3n) is 7.34. The maximum atomic E-state index is 14.2. The topological polar surface area (TPSA) is 107 Å². The SMILES string of the molecule is COC(=O)C[C@H](O)CC(=O)C=Cc1c(-c2ccc(F)cc2)c(-c2ccccc2)c(C(=O)NCc2ccc(OC(F)(F)F)c(Cl)c2)n1C(C)C. The van der Waals surface area contributed by atoms with Gasteiger partial charge in [0.05, 0.1) is 30.4 Å². The van der Waals surface area contributed by atoms with E-state index in [-0.39, 0.29) is 36.1 Å². The maximum absolute atomic E-state index is 14.2. The van der Waals surface area contributed by atoms with Crippen molar-refractivity contribution in [2.75, 3.05) is 7.11 Å². The number of methoxy groups -OCH3 is 1. The van der Waals surface area contributed by atoms with Crippen molar-refractivity contribution in [2.24, 2.45) is 0 Å². The molecule has 2 N–H and O–H groups in total. The highest BCUT2D eigenvalue weighted by Crippen LogP contribution is 2.42. The van der Waals surface area contributed by atoms with E-state index < -0.39 is 41.7 Å². The summed E-state index contributed by atoms with van der Waals surface area (Å²) in [6.07, 6.45) is -4.20. The number of nitrogens with zero attached hydrogens (tertiary/aromatic N) is 1. The highest BCUT2D eigenvalue weighted by molar-refractivity contribution is 6.32. The minimum absolute atomic E-state index is 0.115. The summed E-state index contributed by atoms with van der Waals surface area (Å²) in [7, 11) is 1.17. The number of carbonyl (C=O) groups is 3. The highest BCUT2D eigenvalue weighted by Gasteiger charge is 2.32. The number of aromatic nitrogens is 1. The molecule has 0 unspecified atom stereocenters. The molecule has 3 aromatic carbocycles. The zero-order valence-corrected chi connectivity index (χ0v) is 27.4. The van der Waals surface area contributed by atoms with Crippen molar-refractivity contribution in [1.29, 1.82) is 0 Å². The maximum Gasteiger partial charge on any atom is 0.573 e. The number of halogens is 5. The lowest BCUT2D eigenvalue weighted by atomic mass is 9.94. The molecule has 1 aromatic heterocycles. The van der Waals surface area contributed by atoms with Crippen LogP contribution in [0.25, 0.3) is 28.3 Å². The van der Waals surface area contributed by atoms with Crippen LogP contribution < -0.4 is 10.1 Å². The number of alkyl halides is 3. The first-order valence-electron chi connectivity index (χ1n) is 15.1. The zero-order valence-electron chi connectivity index (χ0n) is 26.7. The Labute approximate surface area is 284 Å². The van der Waals surface area contributed by atoms with Crippen LogP contribution in [0.3, 0.4) is 0 Å². The molecule has 1 amide bonds. The quantitative estimate of drug-likeness (QED) is 0.0834. The summed E-state index contributed by atoms with van der Waals surface area (Å²) in [6.45, 7) is 3.55. The summed E-state index contributed by atoms with van der Waals surface area (Å²) in [6, 6.07) is 17.9. The normalized spacial score (nSPS) is 12.3. The van der Waals surface area contributed by atoms with Crippen LogP contribution in [0.1, 0.15) is 54.5 Å². The molecular weight excluding hydrogens is 668 g/mol. The molecule has 0 aliphatic carbocycles. The van der Waals surface area contributed by atoms with Crippen molar-refractivity contribution < 1.29 is 46.5 Å². The van der Waals surface area contributed by atoms with Crippen molar-refractivity contribution in [2.45, 2.75) is 51.7 Å². The Hall–Kier alpha value is -4.94. The second-order valence-corrected chi connectivity index (χ2v) is 11.7. The van der Waals surface area contributed by atoms with Crippen LogP contribution in [-0.2, 0) is 20.9 Å². The van der Waals surface area contributed by atoms with Gasteiger partial charge in [-0.2, -0.15) is 0 Å². The molecule has 4 rings (SSSR count). The van der Waals surface area contributed by atoms with Crippen LogP contribution in [0.4, 0.5) is 17.6 Å². The van der Waals surface area contributed by atoms with Crippen LogP contribution >= 0.6 is 11.6 Å². The van der Waals surface area contributed by atoms with Gasteiger partial charge in [0.25, 0.3) is 5.91 Å². The first-order chi connectivity index (χ1) is 23.2. The number of ketones is 1. The molecule has 0 saturated carbocycles. The number of amides is 1. The molecule has 258 valence electrons. The fourth-order valence-electron chi connectivity index (χ4n) is 5.27. The molecule has 49 heavy (non-hydrogen) atoms.